The summed E-state index contributed by atoms with van der Waals surface area (Å²) in [4.78, 5) is 31.7. The summed E-state index contributed by atoms with van der Waals surface area (Å²) in [5, 5.41) is 16.9. The highest BCUT2D eigenvalue weighted by Gasteiger charge is 2.42. The van der Waals surface area contributed by atoms with Gasteiger partial charge in [0, 0.05) is 6.54 Å². The second-order valence-corrected chi connectivity index (χ2v) is 3.71. The molecule has 0 radical (unpaired) electrons. The van der Waals surface area contributed by atoms with Crippen molar-refractivity contribution in [1.29, 1.82) is 0 Å². The van der Waals surface area contributed by atoms with Crippen molar-refractivity contribution in [3.8, 4) is 0 Å². The molecular weight excluding hydrogens is 273 g/mol. The van der Waals surface area contributed by atoms with Gasteiger partial charge in [-0.15, -0.1) is 0 Å². The molecule has 0 unspecified atom stereocenters. The molecule has 0 saturated heterocycles. The number of carbonyl (C=O) groups is 3. The fraction of sp³-hybridized carbons (Fsp3) is 0.667. The van der Waals surface area contributed by atoms with Crippen LogP contribution in [0.3, 0.4) is 0 Å². The SMILES string of the molecule is N[C@@H](CCCN(CC(=O)O)C(=O)C(F)(F)F)C(=O)O. The van der Waals surface area contributed by atoms with Crippen LogP contribution in [0.25, 0.3) is 0 Å². The van der Waals surface area contributed by atoms with Crippen molar-refractivity contribution in [2.75, 3.05) is 13.1 Å². The lowest BCUT2D eigenvalue weighted by Gasteiger charge is -2.22. The molecule has 0 heterocycles. The third-order valence-corrected chi connectivity index (χ3v) is 2.12. The number of nitrogens with two attached hydrogens (primary N) is 1. The number of nitrogens with zero attached hydrogens (tertiary/aromatic N) is 1. The molecule has 0 spiro atoms. The first-order valence-corrected chi connectivity index (χ1v) is 5.12. The first-order chi connectivity index (χ1) is 8.55. The van der Waals surface area contributed by atoms with E-state index in [2.05, 4.69) is 0 Å². The molecule has 1 atom stereocenters. The summed E-state index contributed by atoms with van der Waals surface area (Å²) in [6.45, 7) is -1.65. The molecule has 1 amide bonds. The monoisotopic (exact) mass is 286 g/mol. The zero-order chi connectivity index (χ0) is 15.2. The van der Waals surface area contributed by atoms with Crippen LogP contribution in [0.5, 0.6) is 0 Å². The molecule has 0 aromatic rings. The zero-order valence-corrected chi connectivity index (χ0v) is 9.68. The number of amides is 1. The van der Waals surface area contributed by atoms with Gasteiger partial charge < -0.3 is 20.8 Å². The molecule has 0 aliphatic rings. The largest absolute Gasteiger partial charge is 0.480 e. The second kappa shape index (κ2) is 6.92. The lowest BCUT2D eigenvalue weighted by molar-refractivity contribution is -0.186. The van der Waals surface area contributed by atoms with E-state index < -0.39 is 43.2 Å². The standard InChI is InChI=1S/C9H13F3N2O5/c10-9(11,12)8(19)14(4-6(15)16)3-1-2-5(13)7(17)18/h5H,1-4,13H2,(H,15,16)(H,17,18)/t5-/m0/s1. The number of carboxylic acid groups (broad SMARTS) is 2. The van der Waals surface area contributed by atoms with Crippen LogP contribution in [0.2, 0.25) is 0 Å². The molecular formula is C9H13F3N2O5. The minimum absolute atomic E-state index is 0.0942. The third kappa shape index (κ3) is 6.60. The van der Waals surface area contributed by atoms with E-state index in [1.807, 2.05) is 0 Å². The minimum Gasteiger partial charge on any atom is -0.480 e. The van der Waals surface area contributed by atoms with Gasteiger partial charge in [-0.05, 0) is 12.8 Å². The Hall–Kier alpha value is -1.84. The van der Waals surface area contributed by atoms with Crippen LogP contribution in [0, 0.1) is 0 Å². The number of hydrogen-bond donors (Lipinski definition) is 3. The summed E-state index contributed by atoms with van der Waals surface area (Å²) in [6.07, 6.45) is -5.50. The Morgan fingerprint density at radius 1 is 1.21 bits per heavy atom. The molecule has 0 aliphatic heterocycles. The van der Waals surface area contributed by atoms with E-state index in [9.17, 15) is 27.6 Å². The summed E-state index contributed by atoms with van der Waals surface area (Å²) in [5.41, 5.74) is 5.12. The molecule has 7 nitrogen and oxygen atoms in total. The quantitative estimate of drug-likeness (QED) is 0.588. The van der Waals surface area contributed by atoms with Gasteiger partial charge in [-0.3, -0.25) is 14.4 Å². The number of rotatable bonds is 7. The van der Waals surface area contributed by atoms with Crippen molar-refractivity contribution in [1.82, 2.24) is 4.90 Å². The van der Waals surface area contributed by atoms with Crippen LogP contribution in [0.15, 0.2) is 0 Å². The molecule has 0 saturated carbocycles. The summed E-state index contributed by atoms with van der Waals surface area (Å²) in [7, 11) is 0. The van der Waals surface area contributed by atoms with Gasteiger partial charge in [0.15, 0.2) is 0 Å². The first kappa shape index (κ1) is 17.2. The van der Waals surface area contributed by atoms with E-state index >= 15 is 0 Å². The number of hydrogen-bond acceptors (Lipinski definition) is 4. The summed E-state index contributed by atoms with van der Waals surface area (Å²) in [5.74, 6) is -5.20. The van der Waals surface area contributed by atoms with Gasteiger partial charge in [-0.1, -0.05) is 0 Å². The highest BCUT2D eigenvalue weighted by atomic mass is 19.4. The van der Waals surface area contributed by atoms with E-state index in [-0.39, 0.29) is 17.7 Å². The molecule has 4 N–H and O–H groups in total. The lowest BCUT2D eigenvalue weighted by Crippen LogP contribution is -2.44. The number of carboxylic acids is 2. The number of carbonyl (C=O) groups excluding carboxylic acids is 1. The average molecular weight is 286 g/mol. The fourth-order valence-electron chi connectivity index (χ4n) is 1.22. The highest BCUT2D eigenvalue weighted by molar-refractivity contribution is 5.85. The molecule has 19 heavy (non-hydrogen) atoms. The Morgan fingerprint density at radius 3 is 2.11 bits per heavy atom. The van der Waals surface area contributed by atoms with E-state index in [0.29, 0.717) is 0 Å². The van der Waals surface area contributed by atoms with E-state index in [4.69, 9.17) is 15.9 Å². The normalized spacial score (nSPS) is 12.8. The molecule has 110 valence electrons. The summed E-state index contributed by atoms with van der Waals surface area (Å²) >= 11 is 0. The van der Waals surface area contributed by atoms with Crippen LogP contribution in [-0.2, 0) is 14.4 Å². The lowest BCUT2D eigenvalue weighted by atomic mass is 10.1. The summed E-state index contributed by atoms with van der Waals surface area (Å²) < 4.78 is 36.5. The number of halogens is 3. The maximum Gasteiger partial charge on any atom is 0.471 e. The van der Waals surface area contributed by atoms with Gasteiger partial charge in [-0.25, -0.2) is 0 Å². The van der Waals surface area contributed by atoms with E-state index in [1.165, 1.54) is 0 Å². The van der Waals surface area contributed by atoms with Gasteiger partial charge in [0.05, 0.1) is 0 Å². The smallest absolute Gasteiger partial charge is 0.471 e. The van der Waals surface area contributed by atoms with Crippen LogP contribution >= 0.6 is 0 Å². The molecule has 0 bridgehead atoms. The Balaban J connectivity index is 4.49. The molecule has 0 aromatic carbocycles. The molecule has 0 aliphatic carbocycles. The molecule has 10 heteroatoms. The molecule has 0 fully saturated rings. The van der Waals surface area contributed by atoms with Crippen molar-refractivity contribution in [3.63, 3.8) is 0 Å². The van der Waals surface area contributed by atoms with Gasteiger partial charge in [0.1, 0.15) is 12.6 Å². The average Bonchev–Trinajstić information content (AvgIpc) is 2.24. The second-order valence-electron chi connectivity index (χ2n) is 3.71. The Bertz CT molecular complexity index is 358. The topological polar surface area (TPSA) is 121 Å². The Labute approximate surface area is 105 Å². The predicted molar refractivity (Wildman–Crippen MR) is 55.1 cm³/mol. The molecule has 0 aromatic heterocycles. The van der Waals surface area contributed by atoms with Crippen molar-refractivity contribution >= 4 is 17.8 Å². The van der Waals surface area contributed by atoms with E-state index in [1.54, 1.807) is 0 Å². The Kier molecular flexibility index (Phi) is 6.25. The first-order valence-electron chi connectivity index (χ1n) is 5.12. The maximum absolute atomic E-state index is 12.2. The third-order valence-electron chi connectivity index (χ3n) is 2.12. The van der Waals surface area contributed by atoms with Crippen molar-refractivity contribution in [3.05, 3.63) is 0 Å². The fourth-order valence-corrected chi connectivity index (χ4v) is 1.22. The highest BCUT2D eigenvalue weighted by Crippen LogP contribution is 2.18. The number of aliphatic carboxylic acids is 2. The minimum atomic E-state index is -5.18. The van der Waals surface area contributed by atoms with Crippen molar-refractivity contribution < 1.29 is 37.8 Å². The van der Waals surface area contributed by atoms with Gasteiger partial charge >= 0.3 is 24.0 Å². The van der Waals surface area contributed by atoms with Crippen LogP contribution in [0.4, 0.5) is 13.2 Å². The number of alkyl halides is 3. The van der Waals surface area contributed by atoms with Crippen molar-refractivity contribution in [2.45, 2.75) is 25.1 Å². The summed E-state index contributed by atoms with van der Waals surface area (Å²) in [6, 6.07) is -1.27. The van der Waals surface area contributed by atoms with E-state index in [0.717, 1.165) is 0 Å². The predicted octanol–water partition coefficient (Wildman–Crippen LogP) is -0.346. The molecule has 0 rings (SSSR count). The zero-order valence-electron chi connectivity index (χ0n) is 9.68. The van der Waals surface area contributed by atoms with Crippen LogP contribution in [0.1, 0.15) is 12.8 Å². The Morgan fingerprint density at radius 2 is 1.74 bits per heavy atom. The maximum atomic E-state index is 12.2. The van der Waals surface area contributed by atoms with Gasteiger partial charge in [0.2, 0.25) is 0 Å². The van der Waals surface area contributed by atoms with Crippen LogP contribution in [-0.4, -0.2) is 58.3 Å². The van der Waals surface area contributed by atoms with Crippen LogP contribution < -0.4 is 5.73 Å². The van der Waals surface area contributed by atoms with Crippen molar-refractivity contribution in [2.24, 2.45) is 5.73 Å². The van der Waals surface area contributed by atoms with Gasteiger partial charge in [0.25, 0.3) is 0 Å². The van der Waals surface area contributed by atoms with Gasteiger partial charge in [-0.2, -0.15) is 13.2 Å².